The van der Waals surface area contributed by atoms with E-state index in [0.717, 1.165) is 32.7 Å². The second kappa shape index (κ2) is 8.67. The lowest BCUT2D eigenvalue weighted by Gasteiger charge is -2.18. The molecule has 0 unspecified atom stereocenters. The third-order valence-electron chi connectivity index (χ3n) is 5.39. The highest BCUT2D eigenvalue weighted by atomic mass is 32.1. The monoisotopic (exact) mass is 456 g/mol. The van der Waals surface area contributed by atoms with Gasteiger partial charge in [0, 0.05) is 22.5 Å². The summed E-state index contributed by atoms with van der Waals surface area (Å²) in [5.41, 5.74) is 4.47. The molecule has 0 saturated carbocycles. The van der Waals surface area contributed by atoms with E-state index in [2.05, 4.69) is 49.5 Å². The van der Waals surface area contributed by atoms with Gasteiger partial charge in [0.1, 0.15) is 5.75 Å². The van der Waals surface area contributed by atoms with Gasteiger partial charge in [-0.1, -0.05) is 42.5 Å². The van der Waals surface area contributed by atoms with Crippen LogP contribution in [0.3, 0.4) is 0 Å². The lowest BCUT2D eigenvalue weighted by Crippen LogP contribution is -2.25. The van der Waals surface area contributed by atoms with Gasteiger partial charge in [0.25, 0.3) is 5.91 Å². The van der Waals surface area contributed by atoms with Crippen LogP contribution in [0.2, 0.25) is 0 Å². The van der Waals surface area contributed by atoms with E-state index in [1.165, 1.54) is 5.39 Å². The number of nitrogens with one attached hydrogen (secondary N) is 1. The van der Waals surface area contributed by atoms with Crippen molar-refractivity contribution in [3.63, 3.8) is 0 Å². The van der Waals surface area contributed by atoms with Crippen molar-refractivity contribution in [3.8, 4) is 17.0 Å². The van der Waals surface area contributed by atoms with Crippen LogP contribution in [0.4, 0.5) is 5.69 Å². The Morgan fingerprint density at radius 2 is 1.94 bits per heavy atom. The van der Waals surface area contributed by atoms with E-state index in [1.54, 1.807) is 11.3 Å². The molecule has 1 aliphatic rings. The first-order chi connectivity index (χ1) is 16.0. The van der Waals surface area contributed by atoms with Gasteiger partial charge in [-0.25, -0.2) is 4.68 Å². The number of hydrogen-bond acceptors (Lipinski definition) is 5. The van der Waals surface area contributed by atoms with E-state index in [-0.39, 0.29) is 18.6 Å². The van der Waals surface area contributed by atoms with Crippen LogP contribution in [-0.2, 0) is 4.79 Å². The van der Waals surface area contributed by atoms with Crippen LogP contribution >= 0.6 is 11.3 Å². The number of rotatable bonds is 4. The van der Waals surface area contributed by atoms with Crippen LogP contribution in [0.5, 0.6) is 5.75 Å². The smallest absolute Gasteiger partial charge is 0.262 e. The fourth-order valence-electron chi connectivity index (χ4n) is 3.89. The van der Waals surface area contributed by atoms with Crippen LogP contribution < -0.4 is 14.9 Å². The molecule has 1 aliphatic heterocycles. The van der Waals surface area contributed by atoms with Crippen LogP contribution in [0.1, 0.15) is 26.3 Å². The van der Waals surface area contributed by atoms with E-state index in [0.29, 0.717) is 11.4 Å². The van der Waals surface area contributed by atoms with E-state index in [4.69, 9.17) is 14.8 Å². The summed E-state index contributed by atoms with van der Waals surface area (Å²) in [6.07, 6.45) is 0. The normalized spacial score (nSPS) is 14.4. The van der Waals surface area contributed by atoms with Crippen molar-refractivity contribution in [2.45, 2.75) is 26.8 Å². The number of carbonyl (C=O) groups excluding carboxylic acids is 1. The van der Waals surface area contributed by atoms with Gasteiger partial charge in [0.05, 0.1) is 17.1 Å². The zero-order valence-electron chi connectivity index (χ0n) is 18.7. The SMILES string of the molecule is CC(=Nn1c(-c2ccc3c(c2)NC(=O)CO3)csc1=NC(C)C)c1cccc2ccccc12. The van der Waals surface area contributed by atoms with Crippen LogP contribution in [-0.4, -0.2) is 28.9 Å². The molecule has 33 heavy (non-hydrogen) atoms. The van der Waals surface area contributed by atoms with E-state index >= 15 is 0 Å². The number of anilines is 1. The van der Waals surface area contributed by atoms with Gasteiger partial charge in [0.15, 0.2) is 6.61 Å². The van der Waals surface area contributed by atoms with Crippen LogP contribution in [0.15, 0.2) is 76.1 Å². The maximum atomic E-state index is 11.8. The zero-order chi connectivity index (χ0) is 22.9. The summed E-state index contributed by atoms with van der Waals surface area (Å²) >= 11 is 1.55. The molecule has 0 radical (unpaired) electrons. The number of aromatic nitrogens is 1. The molecule has 7 heteroatoms. The Bertz CT molecular complexity index is 1460. The van der Waals surface area contributed by atoms with Crippen molar-refractivity contribution in [3.05, 3.63) is 76.4 Å². The second-order valence-corrected chi connectivity index (χ2v) is 9.03. The molecule has 1 amide bonds. The van der Waals surface area contributed by atoms with Crippen molar-refractivity contribution in [2.75, 3.05) is 11.9 Å². The molecular weight excluding hydrogens is 432 g/mol. The summed E-state index contributed by atoms with van der Waals surface area (Å²) in [6.45, 7) is 6.17. The average molecular weight is 457 g/mol. The summed E-state index contributed by atoms with van der Waals surface area (Å²) in [5, 5.41) is 12.3. The Kier molecular flexibility index (Phi) is 5.56. The molecule has 2 heterocycles. The summed E-state index contributed by atoms with van der Waals surface area (Å²) < 4.78 is 7.41. The van der Waals surface area contributed by atoms with Crippen molar-refractivity contribution in [2.24, 2.45) is 10.1 Å². The van der Waals surface area contributed by atoms with Gasteiger partial charge in [-0.2, -0.15) is 5.10 Å². The molecule has 4 aromatic rings. The molecule has 1 N–H and O–H groups in total. The molecule has 1 aromatic heterocycles. The van der Waals surface area contributed by atoms with Gasteiger partial charge >= 0.3 is 0 Å². The Hall–Kier alpha value is -3.71. The molecule has 0 fully saturated rings. The second-order valence-electron chi connectivity index (χ2n) is 8.20. The maximum absolute atomic E-state index is 11.8. The molecule has 0 aliphatic carbocycles. The topological polar surface area (TPSA) is 68.0 Å². The van der Waals surface area contributed by atoms with Gasteiger partial charge in [-0.05, 0) is 49.7 Å². The minimum atomic E-state index is -0.154. The molecule has 6 nitrogen and oxygen atoms in total. The third kappa shape index (κ3) is 4.19. The molecule has 3 aromatic carbocycles. The third-order valence-corrected chi connectivity index (χ3v) is 6.22. The number of amides is 1. The first kappa shape index (κ1) is 21.2. The highest BCUT2D eigenvalue weighted by molar-refractivity contribution is 7.07. The molecule has 5 rings (SSSR count). The lowest BCUT2D eigenvalue weighted by atomic mass is 10.0. The lowest BCUT2D eigenvalue weighted by molar-refractivity contribution is -0.118. The summed E-state index contributed by atoms with van der Waals surface area (Å²) in [4.78, 5) is 17.4. The Balaban J connectivity index is 1.66. The number of carbonyl (C=O) groups is 1. The average Bonchev–Trinajstić information content (AvgIpc) is 3.19. The standard InChI is InChI=1S/C26H24N4O2S/c1-16(2)27-26-30(29-17(3)20-10-6-8-18-7-4-5-9-21(18)20)23(15-33-26)19-11-12-24-22(13-19)28-25(31)14-32-24/h4-13,15-16H,14H2,1-3H3,(H,28,31). The van der Waals surface area contributed by atoms with E-state index in [1.807, 2.05) is 47.3 Å². The minimum Gasteiger partial charge on any atom is -0.482 e. The van der Waals surface area contributed by atoms with Gasteiger partial charge < -0.3 is 10.1 Å². The van der Waals surface area contributed by atoms with Crippen LogP contribution in [0, 0.1) is 0 Å². The van der Waals surface area contributed by atoms with E-state index < -0.39 is 0 Å². The molecule has 0 saturated heterocycles. The fraction of sp³-hybridized carbons (Fsp3) is 0.192. The quantitative estimate of drug-likeness (QED) is 0.425. The predicted octanol–water partition coefficient (Wildman–Crippen LogP) is 5.28. The van der Waals surface area contributed by atoms with Gasteiger partial charge in [-0.15, -0.1) is 11.3 Å². The molecule has 0 atom stereocenters. The molecular formula is C26H24N4O2S. The van der Waals surface area contributed by atoms with Crippen molar-refractivity contribution >= 4 is 39.4 Å². The van der Waals surface area contributed by atoms with Crippen molar-refractivity contribution < 1.29 is 9.53 Å². The van der Waals surface area contributed by atoms with Crippen molar-refractivity contribution in [1.29, 1.82) is 0 Å². The Labute approximate surface area is 195 Å². The number of hydrogen-bond donors (Lipinski definition) is 1. The highest BCUT2D eigenvalue weighted by Crippen LogP contribution is 2.33. The summed E-state index contributed by atoms with van der Waals surface area (Å²) in [6, 6.07) is 20.5. The largest absolute Gasteiger partial charge is 0.482 e. The zero-order valence-corrected chi connectivity index (χ0v) is 19.5. The summed E-state index contributed by atoms with van der Waals surface area (Å²) in [5.74, 6) is 0.515. The van der Waals surface area contributed by atoms with Gasteiger partial charge in [-0.3, -0.25) is 9.79 Å². The highest BCUT2D eigenvalue weighted by Gasteiger charge is 2.18. The number of ether oxygens (including phenoxy) is 1. The predicted molar refractivity (Wildman–Crippen MR) is 134 cm³/mol. The molecule has 0 spiro atoms. The molecule has 0 bridgehead atoms. The minimum absolute atomic E-state index is 0.0384. The molecule has 166 valence electrons. The van der Waals surface area contributed by atoms with Crippen LogP contribution in [0.25, 0.3) is 22.0 Å². The van der Waals surface area contributed by atoms with Gasteiger partial charge in [0.2, 0.25) is 4.80 Å². The fourth-order valence-corrected chi connectivity index (χ4v) is 4.86. The Morgan fingerprint density at radius 3 is 2.79 bits per heavy atom. The number of thiazole rings is 1. The number of nitrogens with zero attached hydrogens (tertiary/aromatic N) is 3. The number of benzene rings is 3. The Morgan fingerprint density at radius 1 is 1.12 bits per heavy atom. The first-order valence-corrected chi connectivity index (χ1v) is 11.7. The summed E-state index contributed by atoms with van der Waals surface area (Å²) in [7, 11) is 0. The maximum Gasteiger partial charge on any atom is 0.262 e. The first-order valence-electron chi connectivity index (χ1n) is 10.8. The number of fused-ring (bicyclic) bond motifs is 2. The van der Waals surface area contributed by atoms with Crippen molar-refractivity contribution in [1.82, 2.24) is 4.68 Å². The van der Waals surface area contributed by atoms with E-state index in [9.17, 15) is 4.79 Å².